The Morgan fingerprint density at radius 3 is 2.37 bits per heavy atom. The lowest BCUT2D eigenvalue weighted by atomic mass is 9.83. The van der Waals surface area contributed by atoms with E-state index in [0.717, 1.165) is 17.7 Å². The smallest absolute Gasteiger partial charge is 0.365 e. The van der Waals surface area contributed by atoms with Crippen molar-refractivity contribution in [2.75, 3.05) is 13.1 Å². The maximum absolute atomic E-state index is 13.0. The van der Waals surface area contributed by atoms with Gasteiger partial charge in [0.25, 0.3) is 5.91 Å². The van der Waals surface area contributed by atoms with E-state index >= 15 is 0 Å². The first-order chi connectivity index (χ1) is 14.2. The summed E-state index contributed by atoms with van der Waals surface area (Å²) in [6.07, 6.45) is -3.53. The lowest BCUT2D eigenvalue weighted by Gasteiger charge is -2.39. The molecule has 0 aromatic heterocycles. The van der Waals surface area contributed by atoms with Gasteiger partial charge in [-0.3, -0.25) is 9.59 Å². The van der Waals surface area contributed by atoms with Crippen LogP contribution >= 0.6 is 11.6 Å². The van der Waals surface area contributed by atoms with Crippen LogP contribution in [0.4, 0.5) is 13.2 Å². The molecule has 0 saturated carbocycles. The van der Waals surface area contributed by atoms with Crippen molar-refractivity contribution in [1.82, 2.24) is 4.90 Å². The summed E-state index contributed by atoms with van der Waals surface area (Å²) in [7, 11) is 0. The summed E-state index contributed by atoms with van der Waals surface area (Å²) < 4.78 is 44.8. The SMILES string of the molecule is O=C(Cc1ccc(Cl)cc1)C(=O)N1CCC2(CC1)OCc1cc(C(F)(F)F)ccc12. The van der Waals surface area contributed by atoms with Crippen LogP contribution in [0.1, 0.15) is 35.1 Å². The molecule has 30 heavy (non-hydrogen) atoms. The molecule has 0 bridgehead atoms. The molecule has 0 radical (unpaired) electrons. The summed E-state index contributed by atoms with van der Waals surface area (Å²) in [6, 6.07) is 10.4. The number of Topliss-reactive ketones (excluding diaryl/α,β-unsaturated/α-hetero) is 1. The zero-order valence-corrected chi connectivity index (χ0v) is 16.7. The summed E-state index contributed by atoms with van der Waals surface area (Å²) in [5.74, 6) is -1.05. The average molecular weight is 438 g/mol. The highest BCUT2D eigenvalue weighted by Crippen LogP contribution is 2.45. The predicted molar refractivity (Wildman–Crippen MR) is 104 cm³/mol. The summed E-state index contributed by atoms with van der Waals surface area (Å²) in [5, 5.41) is 0.554. The maximum atomic E-state index is 13.0. The van der Waals surface area contributed by atoms with Crippen molar-refractivity contribution in [3.05, 3.63) is 69.7 Å². The van der Waals surface area contributed by atoms with Crippen LogP contribution in [-0.4, -0.2) is 29.7 Å². The molecule has 0 N–H and O–H groups in total. The van der Waals surface area contributed by atoms with Crippen LogP contribution in [0.15, 0.2) is 42.5 Å². The number of halogens is 4. The quantitative estimate of drug-likeness (QED) is 0.663. The van der Waals surface area contributed by atoms with Crippen LogP contribution < -0.4 is 0 Å². The normalized spacial score (nSPS) is 17.8. The Kier molecular flexibility index (Phi) is 5.36. The van der Waals surface area contributed by atoms with Crippen LogP contribution in [0.2, 0.25) is 5.02 Å². The minimum atomic E-state index is -4.40. The highest BCUT2D eigenvalue weighted by atomic mass is 35.5. The number of amides is 1. The number of ketones is 1. The summed E-state index contributed by atoms with van der Waals surface area (Å²) in [4.78, 5) is 26.4. The number of rotatable bonds is 3. The summed E-state index contributed by atoms with van der Waals surface area (Å²) in [5.41, 5.74) is 0.593. The Balaban J connectivity index is 1.41. The fourth-order valence-electron chi connectivity index (χ4n) is 4.15. The van der Waals surface area contributed by atoms with E-state index in [9.17, 15) is 22.8 Å². The molecule has 0 unspecified atom stereocenters. The van der Waals surface area contributed by atoms with Gasteiger partial charge in [-0.2, -0.15) is 13.2 Å². The molecule has 4 nitrogen and oxygen atoms in total. The van der Waals surface area contributed by atoms with E-state index < -0.39 is 29.0 Å². The topological polar surface area (TPSA) is 46.6 Å². The highest BCUT2D eigenvalue weighted by Gasteiger charge is 2.45. The van der Waals surface area contributed by atoms with Gasteiger partial charge in [0, 0.05) is 24.5 Å². The van der Waals surface area contributed by atoms with E-state index in [1.54, 1.807) is 24.3 Å². The molecule has 1 saturated heterocycles. The van der Waals surface area contributed by atoms with E-state index in [1.807, 2.05) is 0 Å². The van der Waals surface area contributed by atoms with Crippen molar-refractivity contribution >= 4 is 23.3 Å². The first kappa shape index (κ1) is 20.9. The minimum Gasteiger partial charge on any atom is -0.365 e. The molecule has 2 heterocycles. The van der Waals surface area contributed by atoms with Gasteiger partial charge in [-0.25, -0.2) is 0 Å². The lowest BCUT2D eigenvalue weighted by molar-refractivity contribution is -0.148. The fraction of sp³-hybridized carbons (Fsp3) is 0.364. The first-order valence-corrected chi connectivity index (χ1v) is 9.97. The Morgan fingerprint density at radius 2 is 1.73 bits per heavy atom. The second kappa shape index (κ2) is 7.71. The van der Waals surface area contributed by atoms with Crippen LogP contribution in [0.3, 0.4) is 0 Å². The molecule has 2 aliphatic rings. The van der Waals surface area contributed by atoms with Gasteiger partial charge >= 0.3 is 6.18 Å². The molecule has 0 aliphatic carbocycles. The van der Waals surface area contributed by atoms with Crippen molar-refractivity contribution < 1.29 is 27.5 Å². The third-order valence-corrected chi connectivity index (χ3v) is 6.05. The van der Waals surface area contributed by atoms with Crippen molar-refractivity contribution in [1.29, 1.82) is 0 Å². The van der Waals surface area contributed by atoms with Gasteiger partial charge < -0.3 is 9.64 Å². The monoisotopic (exact) mass is 437 g/mol. The number of alkyl halides is 3. The van der Waals surface area contributed by atoms with Gasteiger partial charge in [-0.05, 0) is 53.8 Å². The second-order valence-electron chi connectivity index (χ2n) is 7.67. The number of nitrogens with zero attached hydrogens (tertiary/aromatic N) is 1. The lowest BCUT2D eigenvalue weighted by Crippen LogP contribution is -2.47. The Bertz CT molecular complexity index is 980. The number of ether oxygens (including phenoxy) is 1. The molecule has 1 spiro atoms. The number of hydrogen-bond donors (Lipinski definition) is 0. The molecule has 1 amide bonds. The van der Waals surface area contributed by atoms with E-state index in [-0.39, 0.29) is 13.0 Å². The van der Waals surface area contributed by atoms with Crippen LogP contribution in [0.5, 0.6) is 0 Å². The Hall–Kier alpha value is -2.38. The predicted octanol–water partition coefficient (Wildman–Crippen LogP) is 4.52. The Morgan fingerprint density at radius 1 is 1.07 bits per heavy atom. The van der Waals surface area contributed by atoms with Crippen molar-refractivity contribution in [3.63, 3.8) is 0 Å². The number of piperidine rings is 1. The molecule has 158 valence electrons. The fourth-order valence-corrected chi connectivity index (χ4v) is 4.28. The number of carbonyl (C=O) groups excluding carboxylic acids is 2. The van der Waals surface area contributed by atoms with E-state index in [2.05, 4.69) is 0 Å². The average Bonchev–Trinajstić information content (AvgIpc) is 3.07. The zero-order valence-electron chi connectivity index (χ0n) is 16.0. The third kappa shape index (κ3) is 3.96. The minimum absolute atomic E-state index is 0.00278. The molecule has 8 heteroatoms. The molecule has 4 rings (SSSR count). The number of hydrogen-bond acceptors (Lipinski definition) is 3. The van der Waals surface area contributed by atoms with Crippen LogP contribution in [-0.2, 0) is 39.1 Å². The first-order valence-electron chi connectivity index (χ1n) is 9.59. The van der Waals surface area contributed by atoms with Gasteiger partial charge in [-0.1, -0.05) is 29.8 Å². The van der Waals surface area contributed by atoms with E-state index in [0.29, 0.717) is 42.1 Å². The number of benzene rings is 2. The number of carbonyl (C=O) groups is 2. The van der Waals surface area contributed by atoms with Gasteiger partial charge in [-0.15, -0.1) is 0 Å². The standard InChI is InChI=1S/C22H19ClF3NO3/c23-17-4-1-14(2-5-17)11-19(28)20(29)27-9-7-21(8-10-27)18-6-3-16(22(24,25)26)12-15(18)13-30-21/h1-6,12H,7-11,13H2. The molecular formula is C22H19ClF3NO3. The van der Waals surface area contributed by atoms with Crippen molar-refractivity contribution in [2.45, 2.75) is 37.6 Å². The summed E-state index contributed by atoms with van der Waals surface area (Å²) in [6.45, 7) is 0.736. The highest BCUT2D eigenvalue weighted by molar-refractivity contribution is 6.36. The number of fused-ring (bicyclic) bond motifs is 2. The summed E-state index contributed by atoms with van der Waals surface area (Å²) >= 11 is 5.83. The van der Waals surface area contributed by atoms with Gasteiger partial charge in [0.1, 0.15) is 0 Å². The van der Waals surface area contributed by atoms with E-state index in [4.69, 9.17) is 16.3 Å². The molecule has 2 aliphatic heterocycles. The molecule has 2 aromatic rings. The number of likely N-dealkylation sites (tertiary alicyclic amines) is 1. The van der Waals surface area contributed by atoms with Crippen LogP contribution in [0.25, 0.3) is 0 Å². The largest absolute Gasteiger partial charge is 0.416 e. The van der Waals surface area contributed by atoms with Crippen molar-refractivity contribution in [3.8, 4) is 0 Å². The molecular weight excluding hydrogens is 419 g/mol. The molecule has 0 atom stereocenters. The van der Waals surface area contributed by atoms with Gasteiger partial charge in [0.05, 0.1) is 17.8 Å². The molecule has 1 fully saturated rings. The van der Waals surface area contributed by atoms with E-state index in [1.165, 1.54) is 11.0 Å². The van der Waals surface area contributed by atoms with Gasteiger partial charge in [0.2, 0.25) is 5.78 Å². The maximum Gasteiger partial charge on any atom is 0.416 e. The third-order valence-electron chi connectivity index (χ3n) is 5.80. The Labute approximate surface area is 176 Å². The second-order valence-corrected chi connectivity index (χ2v) is 8.11. The van der Waals surface area contributed by atoms with Crippen molar-refractivity contribution in [2.24, 2.45) is 0 Å². The van der Waals surface area contributed by atoms with Crippen LogP contribution in [0, 0.1) is 0 Å². The zero-order chi connectivity index (χ0) is 21.5. The molecule has 2 aromatic carbocycles. The van der Waals surface area contributed by atoms with Gasteiger partial charge in [0.15, 0.2) is 0 Å².